The van der Waals surface area contributed by atoms with Crippen molar-refractivity contribution in [2.75, 3.05) is 0 Å². The van der Waals surface area contributed by atoms with Gasteiger partial charge in [-0.15, -0.1) is 0 Å². The van der Waals surface area contributed by atoms with E-state index in [2.05, 4.69) is 20.8 Å². The summed E-state index contributed by atoms with van der Waals surface area (Å²) < 4.78 is 5.67. The molecular weight excluding hydrogens is 374 g/mol. The Labute approximate surface area is 177 Å². The summed E-state index contributed by atoms with van der Waals surface area (Å²) in [6.07, 6.45) is 1.80. The molecule has 1 aliphatic carbocycles. The van der Waals surface area contributed by atoms with Crippen LogP contribution in [-0.2, 0) is 23.0 Å². The Hall–Kier alpha value is -3.01. The number of ketones is 1. The molecule has 1 atom stereocenters. The third kappa shape index (κ3) is 3.74. The van der Waals surface area contributed by atoms with Crippen LogP contribution < -0.4 is 0 Å². The van der Waals surface area contributed by atoms with E-state index < -0.39 is 12.1 Å². The number of carbonyl (C=O) groups is 2. The van der Waals surface area contributed by atoms with Crippen LogP contribution in [0, 0.1) is 0 Å². The highest BCUT2D eigenvalue weighted by molar-refractivity contribution is 6.07. The summed E-state index contributed by atoms with van der Waals surface area (Å²) in [5.74, 6) is -0.641. The third-order valence-corrected chi connectivity index (χ3v) is 5.81. The number of nitrogens with zero attached hydrogens (tertiary/aromatic N) is 1. The van der Waals surface area contributed by atoms with Crippen molar-refractivity contribution in [3.63, 3.8) is 0 Å². The molecule has 1 aromatic heterocycles. The van der Waals surface area contributed by atoms with Gasteiger partial charge in [0.2, 0.25) is 5.78 Å². The molecule has 0 fully saturated rings. The van der Waals surface area contributed by atoms with Gasteiger partial charge in [-0.05, 0) is 48.8 Å². The molecule has 0 saturated heterocycles. The molecule has 0 radical (unpaired) electrons. The minimum Gasteiger partial charge on any atom is -0.451 e. The highest BCUT2D eigenvalue weighted by Crippen LogP contribution is 2.31. The maximum absolute atomic E-state index is 13.1. The molecule has 0 amide bonds. The smallest absolute Gasteiger partial charge is 0.339 e. The molecule has 0 unspecified atom stereocenters. The van der Waals surface area contributed by atoms with Gasteiger partial charge >= 0.3 is 5.97 Å². The summed E-state index contributed by atoms with van der Waals surface area (Å²) in [6.45, 7) is 8.03. The summed E-state index contributed by atoms with van der Waals surface area (Å²) in [5, 5.41) is 0.789. The standard InChI is InChI=1S/C26H27NO3/c1-16(24(28)17-12-14-18(15-13-17)26(2,3)4)30-25(29)23-19-8-5-6-10-21(19)27-22-11-7-9-20(22)23/h5-6,8,10,12-16H,7,9,11H2,1-4H3/t16-/m1/s1. The fourth-order valence-corrected chi connectivity index (χ4v) is 4.09. The molecule has 30 heavy (non-hydrogen) atoms. The van der Waals surface area contributed by atoms with Gasteiger partial charge in [-0.3, -0.25) is 9.78 Å². The van der Waals surface area contributed by atoms with Gasteiger partial charge in [0.15, 0.2) is 6.10 Å². The van der Waals surface area contributed by atoms with Crippen LogP contribution in [0.1, 0.15) is 71.7 Å². The van der Waals surface area contributed by atoms with Gasteiger partial charge in [0, 0.05) is 16.6 Å². The minimum atomic E-state index is -0.859. The number of para-hydroxylation sites is 1. The molecule has 0 N–H and O–H groups in total. The number of pyridine rings is 1. The van der Waals surface area contributed by atoms with E-state index in [-0.39, 0.29) is 11.2 Å². The summed E-state index contributed by atoms with van der Waals surface area (Å²) in [4.78, 5) is 30.7. The molecular formula is C26H27NO3. The number of fused-ring (bicyclic) bond motifs is 2. The predicted octanol–water partition coefficient (Wildman–Crippen LogP) is 5.45. The van der Waals surface area contributed by atoms with E-state index in [1.54, 1.807) is 6.92 Å². The highest BCUT2D eigenvalue weighted by atomic mass is 16.5. The van der Waals surface area contributed by atoms with Gasteiger partial charge in [-0.1, -0.05) is 63.2 Å². The Morgan fingerprint density at radius 1 is 1.00 bits per heavy atom. The van der Waals surface area contributed by atoms with E-state index in [0.29, 0.717) is 11.1 Å². The average molecular weight is 402 g/mol. The van der Waals surface area contributed by atoms with Gasteiger partial charge in [0.25, 0.3) is 0 Å². The molecule has 2 aromatic carbocycles. The van der Waals surface area contributed by atoms with Crippen LogP contribution in [0.5, 0.6) is 0 Å². The number of aryl methyl sites for hydroxylation is 1. The number of aromatic nitrogens is 1. The van der Waals surface area contributed by atoms with Crippen molar-refractivity contribution in [3.8, 4) is 0 Å². The van der Waals surface area contributed by atoms with Crippen LogP contribution in [0.4, 0.5) is 0 Å². The predicted molar refractivity (Wildman–Crippen MR) is 118 cm³/mol. The third-order valence-electron chi connectivity index (χ3n) is 5.81. The lowest BCUT2D eigenvalue weighted by Gasteiger charge is -2.19. The van der Waals surface area contributed by atoms with Crippen molar-refractivity contribution >= 4 is 22.7 Å². The van der Waals surface area contributed by atoms with Crippen molar-refractivity contribution in [2.45, 2.75) is 58.5 Å². The largest absolute Gasteiger partial charge is 0.451 e. The van der Waals surface area contributed by atoms with Crippen molar-refractivity contribution < 1.29 is 14.3 Å². The number of rotatable bonds is 4. The summed E-state index contributed by atoms with van der Waals surface area (Å²) in [6, 6.07) is 15.2. The Morgan fingerprint density at radius 2 is 1.70 bits per heavy atom. The van der Waals surface area contributed by atoms with E-state index in [4.69, 9.17) is 9.72 Å². The first-order valence-electron chi connectivity index (χ1n) is 10.5. The van der Waals surface area contributed by atoms with Gasteiger partial charge < -0.3 is 4.74 Å². The lowest BCUT2D eigenvalue weighted by molar-refractivity contribution is 0.0319. The molecule has 154 valence electrons. The molecule has 0 bridgehead atoms. The SMILES string of the molecule is C[C@@H](OC(=O)c1c2c(nc3ccccc13)CCC2)C(=O)c1ccc(C(C)(C)C)cc1. The molecule has 4 heteroatoms. The molecule has 1 aliphatic rings. The summed E-state index contributed by atoms with van der Waals surface area (Å²) >= 11 is 0. The van der Waals surface area contributed by atoms with Crippen LogP contribution in [0.15, 0.2) is 48.5 Å². The zero-order valence-electron chi connectivity index (χ0n) is 18.0. The summed E-state index contributed by atoms with van der Waals surface area (Å²) in [5.41, 5.74) is 5.02. The van der Waals surface area contributed by atoms with Crippen molar-refractivity contribution in [1.82, 2.24) is 4.98 Å². The van der Waals surface area contributed by atoms with Crippen molar-refractivity contribution in [2.24, 2.45) is 0 Å². The molecule has 3 aromatic rings. The maximum atomic E-state index is 13.1. The number of hydrogen-bond donors (Lipinski definition) is 0. The van der Waals surface area contributed by atoms with Gasteiger partial charge in [-0.2, -0.15) is 0 Å². The van der Waals surface area contributed by atoms with E-state index in [1.807, 2.05) is 48.5 Å². The molecule has 4 rings (SSSR count). The zero-order valence-corrected chi connectivity index (χ0v) is 18.0. The molecule has 0 aliphatic heterocycles. The second-order valence-electron chi connectivity index (χ2n) is 9.02. The second-order valence-corrected chi connectivity index (χ2v) is 9.02. The van der Waals surface area contributed by atoms with E-state index in [0.717, 1.165) is 47.0 Å². The minimum absolute atomic E-state index is 0.0163. The normalized spacial score (nSPS) is 14.4. The van der Waals surface area contributed by atoms with E-state index in [1.165, 1.54) is 0 Å². The molecule has 0 spiro atoms. The number of benzene rings is 2. The van der Waals surface area contributed by atoms with Crippen LogP contribution in [-0.4, -0.2) is 22.8 Å². The maximum Gasteiger partial charge on any atom is 0.339 e. The number of ether oxygens (including phenoxy) is 1. The first-order chi connectivity index (χ1) is 14.3. The van der Waals surface area contributed by atoms with Crippen LogP contribution >= 0.6 is 0 Å². The first-order valence-corrected chi connectivity index (χ1v) is 10.5. The van der Waals surface area contributed by atoms with Crippen molar-refractivity contribution in [1.29, 1.82) is 0 Å². The van der Waals surface area contributed by atoms with Crippen LogP contribution in [0.25, 0.3) is 10.9 Å². The van der Waals surface area contributed by atoms with Crippen LogP contribution in [0.3, 0.4) is 0 Å². The summed E-state index contributed by atoms with van der Waals surface area (Å²) in [7, 11) is 0. The highest BCUT2D eigenvalue weighted by Gasteiger charge is 2.27. The number of esters is 1. The fraction of sp³-hybridized carbons (Fsp3) is 0.346. The topological polar surface area (TPSA) is 56.3 Å². The Balaban J connectivity index is 1.59. The number of hydrogen-bond acceptors (Lipinski definition) is 4. The first kappa shape index (κ1) is 20.3. The lowest BCUT2D eigenvalue weighted by Crippen LogP contribution is -2.25. The van der Waals surface area contributed by atoms with Crippen molar-refractivity contribution in [3.05, 3.63) is 76.5 Å². The monoisotopic (exact) mass is 401 g/mol. The van der Waals surface area contributed by atoms with Gasteiger partial charge in [0.1, 0.15) is 0 Å². The molecule has 1 heterocycles. The Morgan fingerprint density at radius 3 is 2.40 bits per heavy atom. The Kier molecular flexibility index (Phi) is 5.19. The quantitative estimate of drug-likeness (QED) is 0.431. The fourth-order valence-electron chi connectivity index (χ4n) is 4.09. The number of carbonyl (C=O) groups excluding carboxylic acids is 2. The number of Topliss-reactive ketones (excluding diaryl/α,β-unsaturated/α-hetero) is 1. The van der Waals surface area contributed by atoms with E-state index in [9.17, 15) is 9.59 Å². The Bertz CT molecular complexity index is 1120. The molecule has 0 saturated carbocycles. The second kappa shape index (κ2) is 7.67. The lowest BCUT2D eigenvalue weighted by atomic mass is 9.86. The van der Waals surface area contributed by atoms with E-state index >= 15 is 0 Å². The van der Waals surface area contributed by atoms with Crippen LogP contribution in [0.2, 0.25) is 0 Å². The molecule has 4 nitrogen and oxygen atoms in total. The van der Waals surface area contributed by atoms with Gasteiger partial charge in [-0.25, -0.2) is 4.79 Å². The van der Waals surface area contributed by atoms with Gasteiger partial charge in [0.05, 0.1) is 11.1 Å². The average Bonchev–Trinajstić information content (AvgIpc) is 3.18. The zero-order chi connectivity index (χ0) is 21.5.